The maximum atomic E-state index is 13.5. The molecule has 0 aliphatic carbocycles. The minimum atomic E-state index is -4.70. The molecule has 0 aliphatic heterocycles. The first kappa shape index (κ1) is 16.5. The van der Waals surface area contributed by atoms with E-state index in [0.29, 0.717) is 0 Å². The molecule has 23 heavy (non-hydrogen) atoms. The largest absolute Gasteiger partial charge is 0.433 e. The molecule has 0 unspecified atom stereocenters. The van der Waals surface area contributed by atoms with Crippen molar-refractivity contribution in [2.45, 2.75) is 6.18 Å². The van der Waals surface area contributed by atoms with Crippen LogP contribution in [0, 0.1) is 17.1 Å². The number of benzene rings is 1. The zero-order chi connectivity index (χ0) is 17.2. The molecule has 1 aromatic carbocycles. The van der Waals surface area contributed by atoms with Gasteiger partial charge in [-0.15, -0.1) is 0 Å². The standard InChI is InChI=1S/C14H10F4N4O/c1-22(2)12-6-11(14(16,17)18)20-13(21-12)23-10-5-3-4-9(15)8(10)7-19/h3-6H,1-2H3. The Kier molecular flexibility index (Phi) is 4.36. The van der Waals surface area contributed by atoms with Gasteiger partial charge < -0.3 is 9.64 Å². The Hall–Kier alpha value is -2.89. The third kappa shape index (κ3) is 3.66. The molecule has 0 saturated carbocycles. The van der Waals surface area contributed by atoms with Crippen LogP contribution >= 0.6 is 0 Å². The molecule has 0 amide bonds. The maximum absolute atomic E-state index is 13.5. The average molecular weight is 326 g/mol. The van der Waals surface area contributed by atoms with Crippen molar-refractivity contribution < 1.29 is 22.3 Å². The van der Waals surface area contributed by atoms with E-state index in [9.17, 15) is 17.6 Å². The van der Waals surface area contributed by atoms with Crippen molar-refractivity contribution >= 4 is 5.82 Å². The monoisotopic (exact) mass is 326 g/mol. The zero-order valence-corrected chi connectivity index (χ0v) is 12.0. The number of halogens is 4. The van der Waals surface area contributed by atoms with Crippen LogP contribution in [0.3, 0.4) is 0 Å². The molecule has 0 saturated heterocycles. The minimum Gasteiger partial charge on any atom is -0.423 e. The zero-order valence-electron chi connectivity index (χ0n) is 12.0. The lowest BCUT2D eigenvalue weighted by Gasteiger charge is -2.15. The number of nitriles is 1. The summed E-state index contributed by atoms with van der Waals surface area (Å²) >= 11 is 0. The average Bonchev–Trinajstić information content (AvgIpc) is 2.46. The van der Waals surface area contributed by atoms with Crippen molar-refractivity contribution in [2.75, 3.05) is 19.0 Å². The first-order chi connectivity index (χ1) is 10.7. The molecule has 0 spiro atoms. The molecule has 1 aromatic heterocycles. The Morgan fingerprint density at radius 1 is 1.22 bits per heavy atom. The van der Waals surface area contributed by atoms with Crippen molar-refractivity contribution in [3.05, 3.63) is 41.3 Å². The summed E-state index contributed by atoms with van der Waals surface area (Å²) < 4.78 is 57.2. The topological polar surface area (TPSA) is 62.0 Å². The van der Waals surface area contributed by atoms with Gasteiger partial charge in [-0.2, -0.15) is 28.4 Å². The quantitative estimate of drug-likeness (QED) is 0.809. The molecule has 0 N–H and O–H groups in total. The Labute approximate surface area is 128 Å². The molecule has 2 rings (SSSR count). The fourth-order valence-corrected chi connectivity index (χ4v) is 1.63. The molecular formula is C14H10F4N4O. The first-order valence-electron chi connectivity index (χ1n) is 6.22. The van der Waals surface area contributed by atoms with Gasteiger partial charge in [-0.05, 0) is 12.1 Å². The summed E-state index contributed by atoms with van der Waals surface area (Å²) in [6.45, 7) is 0. The minimum absolute atomic E-state index is 0.0442. The van der Waals surface area contributed by atoms with E-state index in [4.69, 9.17) is 10.00 Å². The number of aromatic nitrogens is 2. The van der Waals surface area contributed by atoms with E-state index in [0.717, 1.165) is 12.1 Å². The highest BCUT2D eigenvalue weighted by Crippen LogP contribution is 2.32. The number of anilines is 1. The molecule has 2 aromatic rings. The predicted molar refractivity (Wildman–Crippen MR) is 72.6 cm³/mol. The highest BCUT2D eigenvalue weighted by molar-refractivity contribution is 5.46. The van der Waals surface area contributed by atoms with E-state index in [1.807, 2.05) is 0 Å². The third-order valence-corrected chi connectivity index (χ3v) is 2.73. The fraction of sp³-hybridized carbons (Fsp3) is 0.214. The Bertz CT molecular complexity index is 768. The SMILES string of the molecule is CN(C)c1cc(C(F)(F)F)nc(Oc2cccc(F)c2C#N)n1. The van der Waals surface area contributed by atoms with Crippen LogP contribution in [0.5, 0.6) is 11.8 Å². The summed E-state index contributed by atoms with van der Waals surface area (Å²) in [5.41, 5.74) is -1.65. The van der Waals surface area contributed by atoms with Gasteiger partial charge in [-0.1, -0.05) is 6.07 Å². The van der Waals surface area contributed by atoms with Gasteiger partial charge in [0.25, 0.3) is 0 Å². The van der Waals surface area contributed by atoms with Crippen LogP contribution in [-0.4, -0.2) is 24.1 Å². The van der Waals surface area contributed by atoms with Crippen molar-refractivity contribution in [2.24, 2.45) is 0 Å². The number of hydrogen-bond acceptors (Lipinski definition) is 5. The second-order valence-electron chi connectivity index (χ2n) is 4.61. The van der Waals surface area contributed by atoms with E-state index in [-0.39, 0.29) is 11.6 Å². The Balaban J connectivity index is 2.50. The van der Waals surface area contributed by atoms with Gasteiger partial charge in [0, 0.05) is 20.2 Å². The van der Waals surface area contributed by atoms with E-state index in [1.165, 1.54) is 31.1 Å². The number of nitrogens with zero attached hydrogens (tertiary/aromatic N) is 4. The fourth-order valence-electron chi connectivity index (χ4n) is 1.63. The summed E-state index contributed by atoms with van der Waals surface area (Å²) in [4.78, 5) is 8.41. The number of ether oxygens (including phenoxy) is 1. The van der Waals surface area contributed by atoms with Crippen molar-refractivity contribution in [3.8, 4) is 17.8 Å². The van der Waals surface area contributed by atoms with E-state index in [1.54, 1.807) is 6.07 Å². The van der Waals surface area contributed by atoms with Gasteiger partial charge in [0.05, 0.1) is 0 Å². The molecule has 1 heterocycles. The normalized spacial score (nSPS) is 11.0. The van der Waals surface area contributed by atoms with Crippen LogP contribution < -0.4 is 9.64 Å². The lowest BCUT2D eigenvalue weighted by atomic mass is 10.2. The van der Waals surface area contributed by atoms with E-state index in [2.05, 4.69) is 9.97 Å². The number of alkyl halides is 3. The molecule has 0 atom stereocenters. The van der Waals surface area contributed by atoms with Crippen molar-refractivity contribution in [1.82, 2.24) is 9.97 Å². The van der Waals surface area contributed by atoms with Gasteiger partial charge in [0.15, 0.2) is 11.4 Å². The molecule has 120 valence electrons. The first-order valence-corrected chi connectivity index (χ1v) is 6.22. The molecule has 0 bridgehead atoms. The second-order valence-corrected chi connectivity index (χ2v) is 4.61. The molecule has 9 heteroatoms. The lowest BCUT2D eigenvalue weighted by molar-refractivity contribution is -0.141. The van der Waals surface area contributed by atoms with Gasteiger partial charge in [0.1, 0.15) is 23.3 Å². The van der Waals surface area contributed by atoms with Gasteiger partial charge in [0.2, 0.25) is 0 Å². The Morgan fingerprint density at radius 2 is 1.91 bits per heavy atom. The van der Waals surface area contributed by atoms with Gasteiger partial charge in [-0.25, -0.2) is 4.39 Å². The summed E-state index contributed by atoms with van der Waals surface area (Å²) in [5.74, 6) is -1.17. The third-order valence-electron chi connectivity index (χ3n) is 2.73. The van der Waals surface area contributed by atoms with Crippen molar-refractivity contribution in [3.63, 3.8) is 0 Å². The van der Waals surface area contributed by atoms with Gasteiger partial charge >= 0.3 is 12.2 Å². The van der Waals surface area contributed by atoms with Crippen LogP contribution in [0.1, 0.15) is 11.3 Å². The van der Waals surface area contributed by atoms with Crippen LogP contribution in [0.25, 0.3) is 0 Å². The molecule has 0 radical (unpaired) electrons. The Morgan fingerprint density at radius 3 is 2.48 bits per heavy atom. The van der Waals surface area contributed by atoms with Crippen molar-refractivity contribution in [1.29, 1.82) is 5.26 Å². The highest BCUT2D eigenvalue weighted by Gasteiger charge is 2.34. The van der Waals surface area contributed by atoms with Crippen LogP contribution in [0.15, 0.2) is 24.3 Å². The predicted octanol–water partition coefficient (Wildman–Crippen LogP) is 3.36. The number of rotatable bonds is 3. The van der Waals surface area contributed by atoms with E-state index < -0.39 is 29.3 Å². The smallest absolute Gasteiger partial charge is 0.423 e. The molecular weight excluding hydrogens is 316 g/mol. The molecule has 0 aliphatic rings. The molecule has 0 fully saturated rings. The maximum Gasteiger partial charge on any atom is 0.433 e. The molecule has 5 nitrogen and oxygen atoms in total. The van der Waals surface area contributed by atoms with Crippen LogP contribution in [-0.2, 0) is 6.18 Å². The van der Waals surface area contributed by atoms with Gasteiger partial charge in [-0.3, -0.25) is 0 Å². The highest BCUT2D eigenvalue weighted by atomic mass is 19.4. The lowest BCUT2D eigenvalue weighted by Crippen LogP contribution is -2.16. The number of hydrogen-bond donors (Lipinski definition) is 0. The summed E-state index contributed by atoms with van der Waals surface area (Å²) in [6.07, 6.45) is -4.70. The summed E-state index contributed by atoms with van der Waals surface area (Å²) in [7, 11) is 2.99. The van der Waals surface area contributed by atoms with Crippen LogP contribution in [0.2, 0.25) is 0 Å². The second kappa shape index (κ2) is 6.08. The summed E-state index contributed by atoms with van der Waals surface area (Å²) in [5, 5.41) is 8.90. The van der Waals surface area contributed by atoms with E-state index >= 15 is 0 Å². The summed E-state index contributed by atoms with van der Waals surface area (Å²) in [6, 6.07) is 5.22. The van der Waals surface area contributed by atoms with Crippen LogP contribution in [0.4, 0.5) is 23.4 Å².